The number of carbonyl (C=O) groups is 1. The third kappa shape index (κ3) is 1.67. The van der Waals surface area contributed by atoms with Crippen molar-refractivity contribution in [2.24, 2.45) is 0 Å². The van der Waals surface area contributed by atoms with Crippen LogP contribution >= 0.6 is 0 Å². The Kier molecular flexibility index (Phi) is 2.44. The fourth-order valence-electron chi connectivity index (χ4n) is 0.808. The number of rotatable bonds is 3. The highest BCUT2D eigenvalue weighted by Gasteiger charge is 1.95. The Hall–Kier alpha value is -1.57. The van der Waals surface area contributed by atoms with Crippen molar-refractivity contribution in [3.63, 3.8) is 0 Å². The summed E-state index contributed by atoms with van der Waals surface area (Å²) >= 11 is 0. The van der Waals surface area contributed by atoms with E-state index >= 15 is 0 Å². The summed E-state index contributed by atoms with van der Waals surface area (Å²) < 4.78 is 4.68. The second-order valence-electron chi connectivity index (χ2n) is 1.96. The topological polar surface area (TPSA) is 26.3 Å². The van der Waals surface area contributed by atoms with Crippen LogP contribution in [0.15, 0.2) is 30.8 Å². The average Bonchev–Trinajstić information content (AvgIpc) is 2.06. The van der Waals surface area contributed by atoms with Gasteiger partial charge in [0.15, 0.2) is 0 Å². The highest BCUT2D eigenvalue weighted by molar-refractivity contribution is 5.59. The van der Waals surface area contributed by atoms with Crippen LogP contribution < -0.4 is 4.74 Å². The molecule has 0 aliphatic heterocycles. The monoisotopic (exact) mass is 148 g/mol. The van der Waals surface area contributed by atoms with E-state index < -0.39 is 0 Å². The molecule has 1 rings (SSSR count). The molecule has 0 aliphatic carbocycles. The molecule has 0 fully saturated rings. The van der Waals surface area contributed by atoms with Gasteiger partial charge in [-0.15, -0.1) is 0 Å². The highest BCUT2D eigenvalue weighted by atomic mass is 16.5. The van der Waals surface area contributed by atoms with Crippen LogP contribution in [0.4, 0.5) is 0 Å². The fraction of sp³-hybridized carbons (Fsp3) is 0. The quantitative estimate of drug-likeness (QED) is 0.611. The van der Waals surface area contributed by atoms with Crippen LogP contribution in [0.25, 0.3) is 6.08 Å². The lowest BCUT2D eigenvalue weighted by molar-refractivity contribution is -0.120. The molecule has 56 valence electrons. The standard InChI is InChI=1S/C9H8O2/c1-2-8-5-3-4-6-9(8)11-7-10/h2-7H,1H2. The highest BCUT2D eigenvalue weighted by Crippen LogP contribution is 2.17. The second-order valence-corrected chi connectivity index (χ2v) is 1.96. The zero-order valence-corrected chi connectivity index (χ0v) is 5.99. The first kappa shape index (κ1) is 7.54. The Balaban J connectivity index is 3.01. The molecule has 0 aliphatic rings. The van der Waals surface area contributed by atoms with Gasteiger partial charge in [0.05, 0.1) is 0 Å². The van der Waals surface area contributed by atoms with E-state index in [1.807, 2.05) is 12.1 Å². The third-order valence-corrected chi connectivity index (χ3v) is 1.31. The Morgan fingerprint density at radius 3 is 2.73 bits per heavy atom. The molecule has 0 N–H and O–H groups in total. The molecule has 1 aromatic carbocycles. The van der Waals surface area contributed by atoms with Crippen LogP contribution in [0.1, 0.15) is 5.56 Å². The smallest absolute Gasteiger partial charge is 0.298 e. The maximum absolute atomic E-state index is 9.99. The lowest BCUT2D eigenvalue weighted by atomic mass is 10.2. The van der Waals surface area contributed by atoms with E-state index in [1.54, 1.807) is 18.2 Å². The van der Waals surface area contributed by atoms with Crippen LogP contribution in [-0.4, -0.2) is 6.47 Å². The SMILES string of the molecule is C=Cc1ccccc1OC=O. The summed E-state index contributed by atoms with van der Waals surface area (Å²) in [5, 5.41) is 0. The zero-order valence-electron chi connectivity index (χ0n) is 5.99. The molecule has 0 heterocycles. The van der Waals surface area contributed by atoms with E-state index in [0.717, 1.165) is 5.56 Å². The predicted molar refractivity (Wildman–Crippen MR) is 43.2 cm³/mol. The molecule has 2 nitrogen and oxygen atoms in total. The van der Waals surface area contributed by atoms with E-state index in [9.17, 15) is 4.79 Å². The van der Waals surface area contributed by atoms with Gasteiger partial charge in [0, 0.05) is 5.56 Å². The number of para-hydroxylation sites is 1. The normalized spacial score (nSPS) is 8.73. The predicted octanol–water partition coefficient (Wildman–Crippen LogP) is 1.86. The molecule has 0 radical (unpaired) electrons. The van der Waals surface area contributed by atoms with Crippen molar-refractivity contribution in [2.45, 2.75) is 0 Å². The summed E-state index contributed by atoms with van der Waals surface area (Å²) in [5.41, 5.74) is 0.819. The van der Waals surface area contributed by atoms with Gasteiger partial charge in [0.2, 0.25) is 0 Å². The molecule has 1 aromatic rings. The van der Waals surface area contributed by atoms with Gasteiger partial charge in [-0.25, -0.2) is 0 Å². The molecule has 2 heteroatoms. The Morgan fingerprint density at radius 2 is 2.09 bits per heavy atom. The molecule has 0 spiro atoms. The average molecular weight is 148 g/mol. The lowest BCUT2D eigenvalue weighted by Crippen LogP contribution is -1.89. The summed E-state index contributed by atoms with van der Waals surface area (Å²) in [6, 6.07) is 7.19. The lowest BCUT2D eigenvalue weighted by Gasteiger charge is -2.00. The van der Waals surface area contributed by atoms with Gasteiger partial charge in [-0.1, -0.05) is 30.9 Å². The first-order valence-electron chi connectivity index (χ1n) is 3.20. The maximum Gasteiger partial charge on any atom is 0.298 e. The van der Waals surface area contributed by atoms with Gasteiger partial charge >= 0.3 is 0 Å². The fourth-order valence-corrected chi connectivity index (χ4v) is 0.808. The van der Waals surface area contributed by atoms with Crippen molar-refractivity contribution < 1.29 is 9.53 Å². The summed E-state index contributed by atoms with van der Waals surface area (Å²) in [5.74, 6) is 0.539. The van der Waals surface area contributed by atoms with Crippen LogP contribution in [-0.2, 0) is 4.79 Å². The number of hydrogen-bond donors (Lipinski definition) is 0. The Morgan fingerprint density at radius 1 is 1.36 bits per heavy atom. The van der Waals surface area contributed by atoms with Crippen molar-refractivity contribution in [3.8, 4) is 5.75 Å². The molecule has 0 bridgehead atoms. The first-order valence-corrected chi connectivity index (χ1v) is 3.20. The van der Waals surface area contributed by atoms with Crippen molar-refractivity contribution in [3.05, 3.63) is 36.4 Å². The van der Waals surface area contributed by atoms with Crippen molar-refractivity contribution in [2.75, 3.05) is 0 Å². The van der Waals surface area contributed by atoms with Gasteiger partial charge in [-0.3, -0.25) is 4.79 Å². The molecule has 0 aromatic heterocycles. The van der Waals surface area contributed by atoms with Crippen molar-refractivity contribution in [1.29, 1.82) is 0 Å². The Bertz CT molecular complexity index is 266. The second kappa shape index (κ2) is 3.56. The number of benzene rings is 1. The van der Waals surface area contributed by atoms with Crippen LogP contribution in [0.3, 0.4) is 0 Å². The van der Waals surface area contributed by atoms with Gasteiger partial charge in [-0.05, 0) is 6.07 Å². The van der Waals surface area contributed by atoms with Crippen molar-refractivity contribution >= 4 is 12.5 Å². The summed E-state index contributed by atoms with van der Waals surface area (Å²) in [7, 11) is 0. The van der Waals surface area contributed by atoms with E-state index in [-0.39, 0.29) is 0 Å². The molecule has 0 atom stereocenters. The maximum atomic E-state index is 9.99. The molecule has 0 saturated carbocycles. The molecule has 0 amide bonds. The molecular weight excluding hydrogens is 140 g/mol. The van der Waals surface area contributed by atoms with E-state index in [2.05, 4.69) is 11.3 Å². The van der Waals surface area contributed by atoms with Gasteiger partial charge in [-0.2, -0.15) is 0 Å². The van der Waals surface area contributed by atoms with E-state index in [1.165, 1.54) is 0 Å². The molecule has 0 saturated heterocycles. The molecule has 11 heavy (non-hydrogen) atoms. The van der Waals surface area contributed by atoms with Gasteiger partial charge in [0.1, 0.15) is 5.75 Å². The number of ether oxygens (including phenoxy) is 1. The zero-order chi connectivity index (χ0) is 8.10. The van der Waals surface area contributed by atoms with Gasteiger partial charge < -0.3 is 4.74 Å². The van der Waals surface area contributed by atoms with E-state index in [0.29, 0.717) is 12.2 Å². The van der Waals surface area contributed by atoms with Crippen LogP contribution in [0.2, 0.25) is 0 Å². The molecular formula is C9H8O2. The van der Waals surface area contributed by atoms with Crippen LogP contribution in [0, 0.1) is 0 Å². The first-order chi connectivity index (χ1) is 5.38. The summed E-state index contributed by atoms with van der Waals surface area (Å²) in [6.45, 7) is 3.98. The largest absolute Gasteiger partial charge is 0.428 e. The summed E-state index contributed by atoms with van der Waals surface area (Å²) in [4.78, 5) is 9.99. The third-order valence-electron chi connectivity index (χ3n) is 1.31. The van der Waals surface area contributed by atoms with Crippen LogP contribution in [0.5, 0.6) is 5.75 Å². The number of carbonyl (C=O) groups excluding carboxylic acids is 1. The Labute approximate surface area is 65.1 Å². The summed E-state index contributed by atoms with van der Waals surface area (Å²) in [6.07, 6.45) is 1.64. The number of hydrogen-bond acceptors (Lipinski definition) is 2. The van der Waals surface area contributed by atoms with E-state index in [4.69, 9.17) is 0 Å². The van der Waals surface area contributed by atoms with Gasteiger partial charge in [0.25, 0.3) is 6.47 Å². The minimum Gasteiger partial charge on any atom is -0.428 e. The minimum atomic E-state index is 0.405. The minimum absolute atomic E-state index is 0.405. The van der Waals surface area contributed by atoms with Crippen molar-refractivity contribution in [1.82, 2.24) is 0 Å². The molecule has 0 unspecified atom stereocenters.